The van der Waals surface area contributed by atoms with Gasteiger partial charge in [-0.2, -0.15) is 10.2 Å². The molecule has 7 nitrogen and oxygen atoms in total. The van der Waals surface area contributed by atoms with E-state index in [-0.39, 0.29) is 5.91 Å². The summed E-state index contributed by atoms with van der Waals surface area (Å²) in [5.74, 6) is 0.00806. The highest BCUT2D eigenvalue weighted by Gasteiger charge is 2.26. The van der Waals surface area contributed by atoms with Gasteiger partial charge in [0.2, 0.25) is 0 Å². The number of aryl methyl sites for hydroxylation is 3. The van der Waals surface area contributed by atoms with Crippen LogP contribution in [0.25, 0.3) is 0 Å². The van der Waals surface area contributed by atoms with Gasteiger partial charge in [0.05, 0.1) is 10.2 Å². The second-order valence-electron chi connectivity index (χ2n) is 6.35. The van der Waals surface area contributed by atoms with E-state index in [4.69, 9.17) is 0 Å². The molecule has 1 amide bonds. The van der Waals surface area contributed by atoms with Crippen LogP contribution in [0.3, 0.4) is 0 Å². The predicted octanol–water partition coefficient (Wildman–Crippen LogP) is 2.15. The van der Waals surface area contributed by atoms with E-state index >= 15 is 0 Å². The van der Waals surface area contributed by atoms with Gasteiger partial charge in [0.1, 0.15) is 0 Å². The van der Waals surface area contributed by atoms with E-state index in [2.05, 4.69) is 51.1 Å². The molecule has 3 heterocycles. The van der Waals surface area contributed by atoms with Crippen molar-refractivity contribution in [3.05, 3.63) is 33.8 Å². The zero-order valence-corrected chi connectivity index (χ0v) is 16.7. The number of piperazine rings is 1. The van der Waals surface area contributed by atoms with Gasteiger partial charge in [-0.05, 0) is 36.7 Å². The molecule has 0 radical (unpaired) electrons. The molecule has 0 saturated carbocycles. The maximum atomic E-state index is 12.7. The van der Waals surface area contributed by atoms with Crippen molar-refractivity contribution in [1.82, 2.24) is 29.4 Å². The minimum absolute atomic E-state index is 0.00806. The Morgan fingerprint density at radius 2 is 1.72 bits per heavy atom. The Labute approximate surface area is 156 Å². The van der Waals surface area contributed by atoms with Crippen LogP contribution in [0.5, 0.6) is 0 Å². The molecule has 25 heavy (non-hydrogen) atoms. The minimum Gasteiger partial charge on any atom is -0.335 e. The smallest absolute Gasteiger partial charge is 0.275 e. The summed E-state index contributed by atoms with van der Waals surface area (Å²) >= 11 is 3.45. The summed E-state index contributed by atoms with van der Waals surface area (Å²) in [6.45, 7) is 11.9. The van der Waals surface area contributed by atoms with Gasteiger partial charge in [-0.25, -0.2) is 0 Å². The molecule has 0 atom stereocenters. The number of hydrogen-bond acceptors (Lipinski definition) is 4. The van der Waals surface area contributed by atoms with Crippen molar-refractivity contribution in [3.63, 3.8) is 0 Å². The Bertz CT molecular complexity index is 744. The average molecular weight is 409 g/mol. The van der Waals surface area contributed by atoms with Crippen molar-refractivity contribution in [2.75, 3.05) is 26.2 Å². The number of aromatic nitrogens is 4. The van der Waals surface area contributed by atoms with Crippen LogP contribution in [-0.2, 0) is 19.6 Å². The summed E-state index contributed by atoms with van der Waals surface area (Å²) in [7, 11) is 0. The molecule has 0 unspecified atom stereocenters. The molecule has 0 aromatic carbocycles. The number of carbonyl (C=O) groups is 1. The normalized spacial score (nSPS) is 15.8. The van der Waals surface area contributed by atoms with E-state index in [1.165, 1.54) is 5.56 Å². The Balaban J connectivity index is 1.58. The first-order valence-corrected chi connectivity index (χ1v) is 9.58. The number of nitrogens with zero attached hydrogens (tertiary/aromatic N) is 6. The van der Waals surface area contributed by atoms with Crippen molar-refractivity contribution < 1.29 is 4.79 Å². The zero-order chi connectivity index (χ0) is 18.0. The maximum absolute atomic E-state index is 12.7. The van der Waals surface area contributed by atoms with Crippen LogP contribution in [0.4, 0.5) is 0 Å². The van der Waals surface area contributed by atoms with E-state index in [0.717, 1.165) is 56.0 Å². The third-order valence-corrected chi connectivity index (χ3v) is 5.25. The standard InChI is InChI=1S/C17H25BrN6O/c1-4-23-11-14(13(3)19-23)10-21-6-8-22(9-7-21)17(25)16-15(18)12-24(5-2)20-16/h11-12H,4-10H2,1-3H3. The number of rotatable bonds is 5. The quantitative estimate of drug-likeness (QED) is 0.760. The predicted molar refractivity (Wildman–Crippen MR) is 99.4 cm³/mol. The number of halogens is 1. The summed E-state index contributed by atoms with van der Waals surface area (Å²) in [5.41, 5.74) is 2.87. The number of hydrogen-bond donors (Lipinski definition) is 0. The van der Waals surface area contributed by atoms with Gasteiger partial charge in [0, 0.05) is 63.8 Å². The first kappa shape index (κ1) is 18.1. The summed E-state index contributed by atoms with van der Waals surface area (Å²) in [4.78, 5) is 17.0. The molecule has 136 valence electrons. The molecule has 1 saturated heterocycles. The van der Waals surface area contributed by atoms with Gasteiger partial charge in [-0.3, -0.25) is 19.1 Å². The molecule has 1 aliphatic heterocycles. The van der Waals surface area contributed by atoms with E-state index in [1.807, 2.05) is 22.7 Å². The third kappa shape index (κ3) is 3.95. The lowest BCUT2D eigenvalue weighted by molar-refractivity contribution is 0.0620. The fourth-order valence-electron chi connectivity index (χ4n) is 3.08. The first-order valence-electron chi connectivity index (χ1n) is 8.79. The van der Waals surface area contributed by atoms with Gasteiger partial charge >= 0.3 is 0 Å². The van der Waals surface area contributed by atoms with E-state index in [0.29, 0.717) is 5.69 Å². The van der Waals surface area contributed by atoms with Crippen LogP contribution in [0.1, 0.15) is 35.6 Å². The lowest BCUT2D eigenvalue weighted by atomic mass is 10.2. The summed E-state index contributed by atoms with van der Waals surface area (Å²) in [5, 5.41) is 8.88. The van der Waals surface area contributed by atoms with Gasteiger partial charge in [0.15, 0.2) is 5.69 Å². The molecular formula is C17H25BrN6O. The third-order valence-electron chi connectivity index (χ3n) is 4.67. The molecule has 8 heteroatoms. The summed E-state index contributed by atoms with van der Waals surface area (Å²) in [6, 6.07) is 0. The van der Waals surface area contributed by atoms with Gasteiger partial charge < -0.3 is 4.90 Å². The second-order valence-corrected chi connectivity index (χ2v) is 7.20. The fraction of sp³-hybridized carbons (Fsp3) is 0.588. The first-order chi connectivity index (χ1) is 12.0. The van der Waals surface area contributed by atoms with Crippen LogP contribution in [-0.4, -0.2) is 61.4 Å². The highest BCUT2D eigenvalue weighted by Crippen LogP contribution is 2.18. The molecule has 0 aliphatic carbocycles. The molecule has 0 spiro atoms. The highest BCUT2D eigenvalue weighted by atomic mass is 79.9. The molecule has 0 N–H and O–H groups in total. The summed E-state index contributed by atoms with van der Waals surface area (Å²) in [6.07, 6.45) is 3.99. The van der Waals surface area contributed by atoms with Crippen LogP contribution in [0.2, 0.25) is 0 Å². The van der Waals surface area contributed by atoms with Gasteiger partial charge in [-0.1, -0.05) is 0 Å². The Morgan fingerprint density at radius 3 is 2.28 bits per heavy atom. The zero-order valence-electron chi connectivity index (χ0n) is 15.1. The number of amides is 1. The largest absolute Gasteiger partial charge is 0.335 e. The van der Waals surface area contributed by atoms with Gasteiger partial charge in [-0.15, -0.1) is 0 Å². The Kier molecular flexibility index (Phi) is 5.58. The van der Waals surface area contributed by atoms with Crippen LogP contribution in [0.15, 0.2) is 16.9 Å². The Morgan fingerprint density at radius 1 is 1.08 bits per heavy atom. The van der Waals surface area contributed by atoms with Crippen LogP contribution < -0.4 is 0 Å². The number of carbonyl (C=O) groups excluding carboxylic acids is 1. The molecule has 0 bridgehead atoms. The lowest BCUT2D eigenvalue weighted by Gasteiger charge is -2.34. The van der Waals surface area contributed by atoms with Crippen molar-refractivity contribution in [1.29, 1.82) is 0 Å². The lowest BCUT2D eigenvalue weighted by Crippen LogP contribution is -2.48. The van der Waals surface area contributed by atoms with Crippen LogP contribution in [0, 0.1) is 6.92 Å². The molecule has 1 fully saturated rings. The molecule has 2 aromatic heterocycles. The topological polar surface area (TPSA) is 59.2 Å². The van der Waals surface area contributed by atoms with E-state index in [9.17, 15) is 4.79 Å². The monoisotopic (exact) mass is 408 g/mol. The molecular weight excluding hydrogens is 384 g/mol. The minimum atomic E-state index is 0.00806. The van der Waals surface area contributed by atoms with Crippen molar-refractivity contribution in [2.45, 2.75) is 40.4 Å². The Hall–Kier alpha value is -1.67. The molecule has 1 aliphatic rings. The van der Waals surface area contributed by atoms with E-state index in [1.54, 1.807) is 4.68 Å². The SMILES string of the molecule is CCn1cc(CN2CCN(C(=O)c3nn(CC)cc3Br)CC2)c(C)n1. The summed E-state index contributed by atoms with van der Waals surface area (Å²) < 4.78 is 4.53. The van der Waals surface area contributed by atoms with E-state index < -0.39 is 0 Å². The molecule has 3 rings (SSSR count). The van der Waals surface area contributed by atoms with Crippen molar-refractivity contribution >= 4 is 21.8 Å². The van der Waals surface area contributed by atoms with Crippen molar-refractivity contribution in [3.8, 4) is 0 Å². The van der Waals surface area contributed by atoms with Gasteiger partial charge in [0.25, 0.3) is 5.91 Å². The highest BCUT2D eigenvalue weighted by molar-refractivity contribution is 9.10. The van der Waals surface area contributed by atoms with Crippen molar-refractivity contribution in [2.24, 2.45) is 0 Å². The second kappa shape index (κ2) is 7.70. The maximum Gasteiger partial charge on any atom is 0.275 e. The molecule has 2 aromatic rings. The average Bonchev–Trinajstić information content (AvgIpc) is 3.17. The fourth-order valence-corrected chi connectivity index (χ4v) is 3.57. The van der Waals surface area contributed by atoms with Crippen LogP contribution >= 0.6 is 15.9 Å².